The predicted molar refractivity (Wildman–Crippen MR) is 35.2 cm³/mol. The van der Waals surface area contributed by atoms with Gasteiger partial charge in [0.1, 0.15) is 17.6 Å². The standard InChI is InChI=1S/C5H5N6/c1-11-5(3-7-10-11)4-2-6-9-8-4/h2H,1H3,(H,6,8,9). The van der Waals surface area contributed by atoms with E-state index in [2.05, 4.69) is 31.9 Å². The minimum absolute atomic E-state index is 0.692. The van der Waals surface area contributed by atoms with E-state index in [1.54, 1.807) is 17.9 Å². The van der Waals surface area contributed by atoms with Crippen LogP contribution in [-0.4, -0.2) is 30.4 Å². The van der Waals surface area contributed by atoms with Gasteiger partial charge in [-0.15, -0.1) is 10.2 Å². The Balaban J connectivity index is 2.53. The van der Waals surface area contributed by atoms with Crippen LogP contribution in [0.4, 0.5) is 0 Å². The van der Waals surface area contributed by atoms with Gasteiger partial charge in [0.15, 0.2) is 0 Å². The van der Waals surface area contributed by atoms with Gasteiger partial charge in [-0.3, -0.25) is 5.10 Å². The molecule has 2 aromatic heterocycles. The number of hydrogen-bond donors (Lipinski definition) is 1. The molecule has 2 rings (SSSR count). The molecule has 2 aromatic rings. The van der Waals surface area contributed by atoms with Crippen LogP contribution in [-0.2, 0) is 7.05 Å². The van der Waals surface area contributed by atoms with E-state index >= 15 is 0 Å². The number of nitrogens with zero attached hydrogens (tertiary/aromatic N) is 5. The summed E-state index contributed by atoms with van der Waals surface area (Å²) in [4.78, 5) is 0. The second kappa shape index (κ2) is 2.15. The van der Waals surface area contributed by atoms with Crippen molar-refractivity contribution in [1.29, 1.82) is 0 Å². The van der Waals surface area contributed by atoms with Crippen LogP contribution in [0.15, 0.2) is 6.20 Å². The van der Waals surface area contributed by atoms with E-state index in [0.29, 0.717) is 5.69 Å². The van der Waals surface area contributed by atoms with E-state index < -0.39 is 0 Å². The van der Waals surface area contributed by atoms with Gasteiger partial charge in [0.25, 0.3) is 0 Å². The van der Waals surface area contributed by atoms with Crippen molar-refractivity contribution in [2.45, 2.75) is 0 Å². The monoisotopic (exact) mass is 149 g/mol. The second-order valence-electron chi connectivity index (χ2n) is 2.03. The molecule has 1 radical (unpaired) electrons. The Kier molecular flexibility index (Phi) is 1.18. The van der Waals surface area contributed by atoms with Gasteiger partial charge in [-0.2, -0.15) is 0 Å². The first-order valence-corrected chi connectivity index (χ1v) is 3.02. The minimum atomic E-state index is 0.692. The molecule has 0 aromatic carbocycles. The van der Waals surface area contributed by atoms with Crippen LogP contribution in [0.2, 0.25) is 0 Å². The summed E-state index contributed by atoms with van der Waals surface area (Å²) in [6, 6.07) is 0. The van der Waals surface area contributed by atoms with Crippen LogP contribution in [0.1, 0.15) is 0 Å². The van der Waals surface area contributed by atoms with E-state index in [0.717, 1.165) is 5.69 Å². The van der Waals surface area contributed by atoms with Gasteiger partial charge < -0.3 is 0 Å². The molecule has 0 fully saturated rings. The third-order valence-corrected chi connectivity index (χ3v) is 1.32. The molecule has 1 N–H and O–H groups in total. The number of rotatable bonds is 1. The first-order valence-electron chi connectivity index (χ1n) is 3.02. The third-order valence-electron chi connectivity index (χ3n) is 1.32. The lowest BCUT2D eigenvalue weighted by molar-refractivity contribution is 0.718. The zero-order chi connectivity index (χ0) is 7.68. The van der Waals surface area contributed by atoms with Gasteiger partial charge in [-0.25, -0.2) is 4.68 Å². The first-order chi connectivity index (χ1) is 5.38. The van der Waals surface area contributed by atoms with Gasteiger partial charge in [0, 0.05) is 7.05 Å². The molecule has 0 aliphatic rings. The fourth-order valence-electron chi connectivity index (χ4n) is 0.794. The molecule has 0 spiro atoms. The summed E-state index contributed by atoms with van der Waals surface area (Å²) in [6.45, 7) is 0. The normalized spacial score (nSPS) is 10.3. The van der Waals surface area contributed by atoms with Crippen molar-refractivity contribution >= 4 is 0 Å². The minimum Gasteiger partial charge on any atom is -0.265 e. The van der Waals surface area contributed by atoms with E-state index in [4.69, 9.17) is 0 Å². The van der Waals surface area contributed by atoms with Gasteiger partial charge in [-0.05, 0) is 0 Å². The van der Waals surface area contributed by atoms with Gasteiger partial charge in [0.05, 0.1) is 6.20 Å². The van der Waals surface area contributed by atoms with Gasteiger partial charge in [0.2, 0.25) is 0 Å². The van der Waals surface area contributed by atoms with Crippen molar-refractivity contribution in [3.8, 4) is 11.4 Å². The van der Waals surface area contributed by atoms with Crippen LogP contribution in [0.25, 0.3) is 11.4 Å². The zero-order valence-electron chi connectivity index (χ0n) is 5.81. The quantitative estimate of drug-likeness (QED) is 0.587. The molecule has 6 nitrogen and oxygen atoms in total. The topological polar surface area (TPSA) is 72.3 Å². The Morgan fingerprint density at radius 3 is 3.09 bits per heavy atom. The average Bonchev–Trinajstić information content (AvgIpc) is 2.55. The molecule has 0 atom stereocenters. The maximum atomic E-state index is 3.78. The maximum Gasteiger partial charge on any atom is 0.145 e. The predicted octanol–water partition coefficient (Wildman–Crippen LogP) is -0.600. The molecule has 55 valence electrons. The highest BCUT2D eigenvalue weighted by Gasteiger charge is 2.05. The Labute approximate surface area is 62.2 Å². The number of aryl methyl sites for hydroxylation is 1. The van der Waals surface area contributed by atoms with Crippen molar-refractivity contribution in [2.24, 2.45) is 7.05 Å². The van der Waals surface area contributed by atoms with Crippen LogP contribution in [0, 0.1) is 6.20 Å². The second-order valence-corrected chi connectivity index (χ2v) is 2.03. The molecule has 0 bridgehead atoms. The Morgan fingerprint density at radius 2 is 2.55 bits per heavy atom. The molecule has 0 saturated heterocycles. The van der Waals surface area contributed by atoms with E-state index in [1.807, 2.05) is 0 Å². The fourth-order valence-corrected chi connectivity index (χ4v) is 0.794. The van der Waals surface area contributed by atoms with Crippen molar-refractivity contribution in [3.63, 3.8) is 0 Å². The SMILES string of the molecule is Cn1nn[c]c1-c1c[nH]nn1. The number of aromatic amines is 1. The average molecular weight is 149 g/mol. The lowest BCUT2D eigenvalue weighted by Crippen LogP contribution is -1.93. The van der Waals surface area contributed by atoms with Gasteiger partial charge >= 0.3 is 0 Å². The van der Waals surface area contributed by atoms with Crippen LogP contribution in [0.3, 0.4) is 0 Å². The Morgan fingerprint density at radius 1 is 1.64 bits per heavy atom. The highest BCUT2D eigenvalue weighted by molar-refractivity contribution is 5.49. The summed E-state index contributed by atoms with van der Waals surface area (Å²) >= 11 is 0. The van der Waals surface area contributed by atoms with Crippen molar-refractivity contribution in [2.75, 3.05) is 0 Å². The summed E-state index contributed by atoms with van der Waals surface area (Å²) in [5.74, 6) is 0. The molecule has 0 unspecified atom stereocenters. The smallest absolute Gasteiger partial charge is 0.145 e. The summed E-state index contributed by atoms with van der Waals surface area (Å²) in [5, 5.41) is 17.2. The van der Waals surface area contributed by atoms with Crippen LogP contribution in [0.5, 0.6) is 0 Å². The summed E-state index contributed by atoms with van der Waals surface area (Å²) in [7, 11) is 1.77. The zero-order valence-corrected chi connectivity index (χ0v) is 5.81. The molecular formula is C5H5N6. The number of H-pyrrole nitrogens is 1. The van der Waals surface area contributed by atoms with E-state index in [1.165, 1.54) is 0 Å². The molecule has 0 amide bonds. The van der Waals surface area contributed by atoms with E-state index in [-0.39, 0.29) is 0 Å². The maximum absolute atomic E-state index is 3.78. The summed E-state index contributed by atoms with van der Waals surface area (Å²) in [6.07, 6.45) is 4.35. The summed E-state index contributed by atoms with van der Waals surface area (Å²) < 4.78 is 1.58. The lowest BCUT2D eigenvalue weighted by atomic mass is 10.4. The number of aromatic nitrogens is 6. The van der Waals surface area contributed by atoms with Crippen molar-refractivity contribution in [3.05, 3.63) is 12.4 Å². The molecule has 6 heteroatoms. The Hall–Kier alpha value is -1.72. The van der Waals surface area contributed by atoms with Crippen molar-refractivity contribution < 1.29 is 0 Å². The first kappa shape index (κ1) is 6.02. The molecule has 0 saturated carbocycles. The highest BCUT2D eigenvalue weighted by Crippen LogP contribution is 2.09. The van der Waals surface area contributed by atoms with E-state index in [9.17, 15) is 0 Å². The summed E-state index contributed by atoms with van der Waals surface area (Å²) in [5.41, 5.74) is 1.41. The molecule has 0 aliphatic carbocycles. The van der Waals surface area contributed by atoms with Crippen molar-refractivity contribution in [1.82, 2.24) is 30.4 Å². The highest BCUT2D eigenvalue weighted by atomic mass is 15.4. The largest absolute Gasteiger partial charge is 0.265 e. The molecule has 0 aliphatic heterocycles. The Bertz CT molecular complexity index is 333. The van der Waals surface area contributed by atoms with Crippen LogP contribution < -0.4 is 0 Å². The molecule has 11 heavy (non-hydrogen) atoms. The third kappa shape index (κ3) is 0.878. The molecular weight excluding hydrogens is 144 g/mol. The number of nitrogens with one attached hydrogen (secondary N) is 1. The molecule has 2 heterocycles. The number of hydrogen-bond acceptors (Lipinski definition) is 4. The fraction of sp³-hybridized carbons (Fsp3) is 0.200. The lowest BCUT2D eigenvalue weighted by Gasteiger charge is -1.90. The van der Waals surface area contributed by atoms with Gasteiger partial charge in [-0.1, -0.05) is 10.4 Å². The van der Waals surface area contributed by atoms with Crippen LogP contribution >= 0.6 is 0 Å².